The zero-order chi connectivity index (χ0) is 22.0. The molecule has 0 bridgehead atoms. The van der Waals surface area contributed by atoms with Gasteiger partial charge in [-0.25, -0.2) is 14.8 Å². The van der Waals surface area contributed by atoms with Crippen molar-refractivity contribution in [3.05, 3.63) is 47.9 Å². The number of carbonyl (C=O) groups excluding carboxylic acids is 1. The minimum Gasteiger partial charge on any atom is -0.492 e. The van der Waals surface area contributed by atoms with Crippen LogP contribution < -0.4 is 26.1 Å². The second kappa shape index (κ2) is 9.04. The number of hydrogen-bond acceptors (Lipinski definition) is 8. The van der Waals surface area contributed by atoms with Crippen LogP contribution in [0.4, 0.5) is 15.9 Å². The molecule has 31 heavy (non-hydrogen) atoms. The van der Waals surface area contributed by atoms with Crippen LogP contribution in [0.1, 0.15) is 12.0 Å². The third kappa shape index (κ3) is 4.41. The van der Waals surface area contributed by atoms with Gasteiger partial charge in [-0.15, -0.1) is 0 Å². The van der Waals surface area contributed by atoms with E-state index >= 15 is 0 Å². The Balaban J connectivity index is 1.57. The van der Waals surface area contributed by atoms with E-state index in [0.717, 1.165) is 5.56 Å². The summed E-state index contributed by atoms with van der Waals surface area (Å²) in [5, 5.41) is 11.6. The highest BCUT2D eigenvalue weighted by molar-refractivity contribution is 5.82. The van der Waals surface area contributed by atoms with Crippen molar-refractivity contribution in [1.29, 1.82) is 0 Å². The molecule has 2 saturated heterocycles. The number of hydrazine groups is 1. The van der Waals surface area contributed by atoms with E-state index in [1.807, 2.05) is 12.1 Å². The summed E-state index contributed by atoms with van der Waals surface area (Å²) in [7, 11) is 4.76. The topological polar surface area (TPSA) is 99.8 Å². The molecule has 9 nitrogen and oxygen atoms in total. The van der Waals surface area contributed by atoms with Gasteiger partial charge in [-0.1, -0.05) is 6.07 Å². The number of nitrogens with one attached hydrogen (secondary N) is 4. The Morgan fingerprint density at radius 2 is 2.13 bits per heavy atom. The first-order valence-electron chi connectivity index (χ1n) is 10.1. The first kappa shape index (κ1) is 21.3. The number of piperidine rings is 1. The summed E-state index contributed by atoms with van der Waals surface area (Å²) >= 11 is 0. The van der Waals surface area contributed by atoms with E-state index in [9.17, 15) is 9.18 Å². The number of para-hydroxylation sites is 1. The second-order valence-electron chi connectivity index (χ2n) is 7.68. The fourth-order valence-electron chi connectivity index (χ4n) is 4.22. The molecule has 4 N–H and O–H groups in total. The number of rotatable bonds is 7. The van der Waals surface area contributed by atoms with E-state index in [1.165, 1.54) is 18.2 Å². The number of benzene rings is 1. The van der Waals surface area contributed by atoms with Gasteiger partial charge in [0.1, 0.15) is 5.82 Å². The molecule has 1 aromatic carbocycles. The van der Waals surface area contributed by atoms with Crippen molar-refractivity contribution in [3.8, 4) is 5.75 Å². The summed E-state index contributed by atoms with van der Waals surface area (Å²) < 4.78 is 24.6. The summed E-state index contributed by atoms with van der Waals surface area (Å²) in [4.78, 5) is 17.2. The van der Waals surface area contributed by atoms with Gasteiger partial charge in [0.25, 0.3) is 0 Å². The number of fused-ring (bicyclic) bond motifs is 1. The number of ether oxygens (including phenoxy) is 2. The van der Waals surface area contributed by atoms with Gasteiger partial charge in [0.05, 0.1) is 37.7 Å². The van der Waals surface area contributed by atoms with Crippen LogP contribution in [-0.2, 0) is 16.1 Å². The Morgan fingerprint density at radius 3 is 2.90 bits per heavy atom. The number of hydrogen-bond donors (Lipinski definition) is 4. The van der Waals surface area contributed by atoms with Crippen LogP contribution in [0.5, 0.6) is 5.75 Å². The first-order valence-corrected chi connectivity index (χ1v) is 10.1. The molecule has 0 saturated carbocycles. The van der Waals surface area contributed by atoms with E-state index in [0.29, 0.717) is 24.5 Å². The summed E-state index contributed by atoms with van der Waals surface area (Å²) in [5.74, 6) is -0.0410. The van der Waals surface area contributed by atoms with Gasteiger partial charge in [0, 0.05) is 32.8 Å². The first-order chi connectivity index (χ1) is 15.0. The Kier molecular flexibility index (Phi) is 6.21. The molecule has 2 aromatic rings. The maximum Gasteiger partial charge on any atom is 0.244 e. The third-order valence-corrected chi connectivity index (χ3v) is 5.58. The largest absolute Gasteiger partial charge is 0.492 e. The predicted octanol–water partition coefficient (Wildman–Crippen LogP) is 1.51. The van der Waals surface area contributed by atoms with Crippen LogP contribution >= 0.6 is 0 Å². The van der Waals surface area contributed by atoms with Crippen LogP contribution in [0.3, 0.4) is 0 Å². The van der Waals surface area contributed by atoms with Gasteiger partial charge in [0.2, 0.25) is 5.91 Å². The third-order valence-electron chi connectivity index (χ3n) is 5.58. The van der Waals surface area contributed by atoms with Gasteiger partial charge in [-0.05, 0) is 29.8 Å². The average Bonchev–Trinajstić information content (AvgIpc) is 3.02. The molecule has 0 radical (unpaired) electrons. The Bertz CT molecular complexity index is 945. The Labute approximate surface area is 180 Å². The summed E-state index contributed by atoms with van der Waals surface area (Å²) in [6, 6.07) is 8.25. The maximum atomic E-state index is 14.2. The number of halogens is 1. The molecular formula is C21H27FN6O3. The fraction of sp³-hybridized carbons (Fsp3) is 0.429. The lowest BCUT2D eigenvalue weighted by molar-refractivity contribution is -0.131. The minimum absolute atomic E-state index is 0.0379. The summed E-state index contributed by atoms with van der Waals surface area (Å²) in [6.07, 6.45) is 1.80. The van der Waals surface area contributed by atoms with Crippen LogP contribution in [-0.4, -0.2) is 55.5 Å². The van der Waals surface area contributed by atoms with Crippen LogP contribution in [0.25, 0.3) is 0 Å². The minimum atomic E-state index is -0.459. The second-order valence-corrected chi connectivity index (χ2v) is 7.68. The summed E-state index contributed by atoms with van der Waals surface area (Å²) in [6.45, 7) is 0.490. The number of amides is 1. The standard InChI is InChI=1S/C21H27FN6O3/c1-28-21(29)18-15(24-14-6-4-5-13(22)19(14)31-3)10-17(26-20(18)27-28)25-16-9-12(11-30-2)7-8-23-16/h4-9,15,17-18,20,24,26-27H,10-11H2,1-3H3,(H,23,25). The predicted molar refractivity (Wildman–Crippen MR) is 114 cm³/mol. The van der Waals surface area contributed by atoms with Crippen molar-refractivity contribution >= 4 is 17.4 Å². The van der Waals surface area contributed by atoms with Crippen molar-refractivity contribution < 1.29 is 18.7 Å². The molecular weight excluding hydrogens is 403 g/mol. The highest BCUT2D eigenvalue weighted by Crippen LogP contribution is 2.33. The zero-order valence-electron chi connectivity index (χ0n) is 17.7. The Hall–Kier alpha value is -2.95. The molecule has 4 unspecified atom stereocenters. The Morgan fingerprint density at radius 1 is 1.29 bits per heavy atom. The lowest BCUT2D eigenvalue weighted by Crippen LogP contribution is -2.60. The average molecular weight is 430 g/mol. The van der Waals surface area contributed by atoms with E-state index in [1.54, 1.807) is 32.5 Å². The monoisotopic (exact) mass is 430 g/mol. The van der Waals surface area contributed by atoms with E-state index in [2.05, 4.69) is 26.4 Å². The molecule has 1 aromatic heterocycles. The number of aromatic nitrogens is 1. The number of pyridine rings is 1. The molecule has 2 aliphatic rings. The van der Waals surface area contributed by atoms with E-state index in [-0.39, 0.29) is 35.9 Å². The van der Waals surface area contributed by atoms with Gasteiger partial charge in [0.15, 0.2) is 11.6 Å². The lowest BCUT2D eigenvalue weighted by Gasteiger charge is -2.39. The molecule has 10 heteroatoms. The molecule has 4 rings (SSSR count). The number of anilines is 2. The number of methoxy groups -OCH3 is 2. The molecule has 166 valence electrons. The lowest BCUT2D eigenvalue weighted by atomic mass is 9.88. The smallest absolute Gasteiger partial charge is 0.244 e. The molecule has 2 fully saturated rings. The SMILES string of the molecule is COCc1ccnc(NC2CC(Nc3cccc(F)c3OC)C3C(=O)N(C)NC3N2)c1. The van der Waals surface area contributed by atoms with Crippen LogP contribution in [0.2, 0.25) is 0 Å². The number of nitrogens with zero attached hydrogens (tertiary/aromatic N) is 2. The van der Waals surface area contributed by atoms with Gasteiger partial charge in [-0.2, -0.15) is 0 Å². The molecule has 2 aliphatic heterocycles. The van der Waals surface area contributed by atoms with E-state index < -0.39 is 5.82 Å². The highest BCUT2D eigenvalue weighted by atomic mass is 19.1. The molecule has 3 heterocycles. The van der Waals surface area contributed by atoms with Crippen LogP contribution in [0, 0.1) is 11.7 Å². The quantitative estimate of drug-likeness (QED) is 0.525. The highest BCUT2D eigenvalue weighted by Gasteiger charge is 2.48. The van der Waals surface area contributed by atoms with Crippen molar-refractivity contribution in [2.45, 2.75) is 31.4 Å². The maximum absolute atomic E-state index is 14.2. The molecule has 0 aliphatic carbocycles. The van der Waals surface area contributed by atoms with Crippen molar-refractivity contribution in [2.24, 2.45) is 5.92 Å². The fourth-order valence-corrected chi connectivity index (χ4v) is 4.22. The van der Waals surface area contributed by atoms with Gasteiger partial charge >= 0.3 is 0 Å². The van der Waals surface area contributed by atoms with Crippen LogP contribution in [0.15, 0.2) is 36.5 Å². The van der Waals surface area contributed by atoms with E-state index in [4.69, 9.17) is 9.47 Å². The molecule has 0 spiro atoms. The van der Waals surface area contributed by atoms with Crippen molar-refractivity contribution in [1.82, 2.24) is 20.7 Å². The summed E-state index contributed by atoms with van der Waals surface area (Å²) in [5.41, 5.74) is 4.67. The van der Waals surface area contributed by atoms with Gasteiger partial charge < -0.3 is 20.1 Å². The normalized spacial score (nSPS) is 25.3. The van der Waals surface area contributed by atoms with Gasteiger partial charge in [-0.3, -0.25) is 15.1 Å². The molecule has 4 atom stereocenters. The molecule has 1 amide bonds. The van der Waals surface area contributed by atoms with Crippen molar-refractivity contribution in [2.75, 3.05) is 31.9 Å². The zero-order valence-corrected chi connectivity index (χ0v) is 17.7. The van der Waals surface area contributed by atoms with Crippen molar-refractivity contribution in [3.63, 3.8) is 0 Å². The number of carbonyl (C=O) groups is 1.